The Morgan fingerprint density at radius 3 is 2.21 bits per heavy atom. The van der Waals surface area contributed by atoms with Crippen LogP contribution in [0.25, 0.3) is 0 Å². The largest absolute Gasteiger partial charge is 0.493 e. The van der Waals surface area contributed by atoms with Gasteiger partial charge in [0.1, 0.15) is 24.8 Å². The number of rotatable bonds is 9. The van der Waals surface area contributed by atoms with Crippen molar-refractivity contribution in [3.05, 3.63) is 77.5 Å². The van der Waals surface area contributed by atoms with E-state index in [1.165, 1.54) is 0 Å². The highest BCUT2D eigenvalue weighted by Gasteiger charge is 2.11. The van der Waals surface area contributed by atoms with Crippen molar-refractivity contribution in [1.82, 2.24) is 4.98 Å². The molecule has 28 heavy (non-hydrogen) atoms. The molecule has 0 aliphatic rings. The fourth-order valence-corrected chi connectivity index (χ4v) is 2.99. The molecule has 0 aliphatic heterocycles. The van der Waals surface area contributed by atoms with Gasteiger partial charge in [-0.3, -0.25) is 0 Å². The Kier molecular flexibility index (Phi) is 6.73. The number of aromatic nitrogens is 1. The second-order valence-electron chi connectivity index (χ2n) is 6.43. The molecule has 1 N–H and O–H groups in total. The Labute approximate surface area is 166 Å². The van der Waals surface area contributed by atoms with Gasteiger partial charge in [0.05, 0.1) is 7.11 Å². The Bertz CT molecular complexity index is 877. The highest BCUT2D eigenvalue weighted by atomic mass is 16.5. The first kappa shape index (κ1) is 19.5. The summed E-state index contributed by atoms with van der Waals surface area (Å²) in [5.41, 5.74) is 3.24. The lowest BCUT2D eigenvalue weighted by Crippen LogP contribution is -2.12. The molecule has 3 aromatic rings. The zero-order valence-electron chi connectivity index (χ0n) is 16.6. The molecule has 0 radical (unpaired) electrons. The summed E-state index contributed by atoms with van der Waals surface area (Å²) in [5.74, 6) is 3.16. The van der Waals surface area contributed by atoms with Gasteiger partial charge >= 0.3 is 0 Å². The molecule has 1 heterocycles. The maximum absolute atomic E-state index is 6.04. The molecule has 0 fully saturated rings. The number of hydrogen-bond donors (Lipinski definition) is 1. The number of ether oxygens (including phenoxy) is 3. The minimum absolute atomic E-state index is 0.421. The van der Waals surface area contributed by atoms with E-state index in [-0.39, 0.29) is 0 Å². The van der Waals surface area contributed by atoms with Crippen LogP contribution in [0.3, 0.4) is 0 Å². The smallest absolute Gasteiger partial charge is 0.166 e. The van der Waals surface area contributed by atoms with Crippen LogP contribution >= 0.6 is 0 Å². The molecule has 0 spiro atoms. The van der Waals surface area contributed by atoms with E-state index in [0.29, 0.717) is 25.5 Å². The number of nitrogens with one attached hydrogen (secondary N) is 1. The van der Waals surface area contributed by atoms with E-state index >= 15 is 0 Å². The maximum Gasteiger partial charge on any atom is 0.166 e. The Hall–Kier alpha value is -3.21. The van der Waals surface area contributed by atoms with Crippen LogP contribution in [0.15, 0.2) is 60.8 Å². The molecule has 0 bridgehead atoms. The van der Waals surface area contributed by atoms with Crippen molar-refractivity contribution in [2.75, 3.05) is 25.6 Å². The van der Waals surface area contributed by atoms with Gasteiger partial charge in [-0.25, -0.2) is 4.98 Å². The van der Waals surface area contributed by atoms with Gasteiger partial charge in [-0.1, -0.05) is 36.4 Å². The second-order valence-corrected chi connectivity index (χ2v) is 6.43. The van der Waals surface area contributed by atoms with Crippen LogP contribution in [0.2, 0.25) is 0 Å². The van der Waals surface area contributed by atoms with Gasteiger partial charge < -0.3 is 19.5 Å². The van der Waals surface area contributed by atoms with Crippen LogP contribution in [0.1, 0.15) is 16.7 Å². The number of aryl methyl sites for hydroxylation is 2. The molecular weight excluding hydrogens is 352 g/mol. The van der Waals surface area contributed by atoms with Crippen LogP contribution in [0, 0.1) is 13.8 Å². The molecular formula is C23H26N2O3. The first-order valence-corrected chi connectivity index (χ1v) is 9.31. The molecule has 0 saturated carbocycles. The Morgan fingerprint density at radius 1 is 0.821 bits per heavy atom. The van der Waals surface area contributed by atoms with Crippen molar-refractivity contribution in [1.29, 1.82) is 0 Å². The first-order chi connectivity index (χ1) is 13.7. The third-order valence-corrected chi connectivity index (χ3v) is 4.39. The van der Waals surface area contributed by atoms with E-state index in [1.54, 1.807) is 13.3 Å². The summed E-state index contributed by atoms with van der Waals surface area (Å²) in [6.07, 6.45) is 1.76. The van der Waals surface area contributed by atoms with Crippen LogP contribution in [-0.4, -0.2) is 25.3 Å². The second kappa shape index (κ2) is 9.65. The van der Waals surface area contributed by atoms with Gasteiger partial charge in [-0.05, 0) is 43.2 Å². The minimum atomic E-state index is 0.421. The van der Waals surface area contributed by atoms with Gasteiger partial charge in [0.25, 0.3) is 0 Å². The highest BCUT2D eigenvalue weighted by molar-refractivity contribution is 5.48. The van der Waals surface area contributed by atoms with Gasteiger partial charge in [0.15, 0.2) is 11.5 Å². The molecule has 3 rings (SSSR count). The van der Waals surface area contributed by atoms with Crippen LogP contribution in [0.4, 0.5) is 5.82 Å². The van der Waals surface area contributed by atoms with Crippen molar-refractivity contribution in [2.24, 2.45) is 0 Å². The quantitative estimate of drug-likeness (QED) is 0.543. The van der Waals surface area contributed by atoms with E-state index in [0.717, 1.165) is 34.0 Å². The number of benzene rings is 2. The van der Waals surface area contributed by atoms with Crippen LogP contribution in [-0.2, 0) is 6.54 Å². The lowest BCUT2D eigenvalue weighted by Gasteiger charge is -2.17. The third-order valence-electron chi connectivity index (χ3n) is 4.39. The van der Waals surface area contributed by atoms with Crippen LogP contribution in [0.5, 0.6) is 17.2 Å². The molecule has 0 saturated heterocycles. The zero-order chi connectivity index (χ0) is 19.8. The average Bonchev–Trinajstić information content (AvgIpc) is 2.72. The number of methoxy groups -OCH3 is 1. The number of hydrogen-bond acceptors (Lipinski definition) is 5. The first-order valence-electron chi connectivity index (χ1n) is 9.31. The molecule has 0 unspecified atom stereocenters. The maximum atomic E-state index is 6.04. The molecule has 5 heteroatoms. The van der Waals surface area contributed by atoms with Crippen molar-refractivity contribution >= 4 is 5.82 Å². The van der Waals surface area contributed by atoms with Crippen molar-refractivity contribution in [3.8, 4) is 17.2 Å². The molecule has 5 nitrogen and oxygen atoms in total. The van der Waals surface area contributed by atoms with Gasteiger partial charge in [0.2, 0.25) is 0 Å². The zero-order valence-corrected chi connectivity index (χ0v) is 16.6. The van der Waals surface area contributed by atoms with Gasteiger partial charge in [-0.2, -0.15) is 0 Å². The fraction of sp³-hybridized carbons (Fsp3) is 0.261. The van der Waals surface area contributed by atoms with Crippen molar-refractivity contribution in [2.45, 2.75) is 20.4 Å². The molecule has 0 amide bonds. The molecule has 0 atom stereocenters. The summed E-state index contributed by atoms with van der Waals surface area (Å²) in [4.78, 5) is 4.29. The molecule has 146 valence electrons. The number of nitrogens with zero attached hydrogens (tertiary/aromatic N) is 1. The lowest BCUT2D eigenvalue weighted by molar-refractivity contribution is 0.208. The average molecular weight is 378 g/mol. The van der Waals surface area contributed by atoms with Gasteiger partial charge in [0, 0.05) is 18.3 Å². The summed E-state index contributed by atoms with van der Waals surface area (Å²) < 4.78 is 17.5. The normalized spacial score (nSPS) is 10.4. The number of pyridine rings is 1. The minimum Gasteiger partial charge on any atom is -0.493 e. The number of para-hydroxylation sites is 2. The van der Waals surface area contributed by atoms with E-state index < -0.39 is 0 Å². The monoisotopic (exact) mass is 378 g/mol. The van der Waals surface area contributed by atoms with E-state index in [9.17, 15) is 0 Å². The molecule has 1 aromatic heterocycles. The fourth-order valence-electron chi connectivity index (χ4n) is 2.99. The highest BCUT2D eigenvalue weighted by Crippen LogP contribution is 2.31. The Balaban J connectivity index is 1.63. The van der Waals surface area contributed by atoms with Crippen LogP contribution < -0.4 is 19.5 Å². The summed E-state index contributed by atoms with van der Waals surface area (Å²) in [5, 5.41) is 3.31. The summed E-state index contributed by atoms with van der Waals surface area (Å²) in [6.45, 7) is 5.55. The molecule has 2 aromatic carbocycles. The third kappa shape index (κ3) is 4.94. The standard InChI is InChI=1S/C23H26N2O3/c1-17-8-6-9-18(2)22(17)27-14-15-28-23-19(10-7-11-20(23)26-3)16-25-21-12-4-5-13-24-21/h4-13H,14-16H2,1-3H3,(H,24,25). The Morgan fingerprint density at radius 2 is 1.54 bits per heavy atom. The molecule has 0 aliphatic carbocycles. The predicted octanol–water partition coefficient (Wildman–Crippen LogP) is 4.78. The topological polar surface area (TPSA) is 52.6 Å². The SMILES string of the molecule is COc1cccc(CNc2ccccn2)c1OCCOc1c(C)cccc1C. The lowest BCUT2D eigenvalue weighted by atomic mass is 10.1. The predicted molar refractivity (Wildman–Crippen MR) is 111 cm³/mol. The number of anilines is 1. The summed E-state index contributed by atoms with van der Waals surface area (Å²) >= 11 is 0. The summed E-state index contributed by atoms with van der Waals surface area (Å²) in [6, 6.07) is 17.8. The summed E-state index contributed by atoms with van der Waals surface area (Å²) in [7, 11) is 1.64. The van der Waals surface area contributed by atoms with Crippen molar-refractivity contribution < 1.29 is 14.2 Å². The van der Waals surface area contributed by atoms with E-state index in [4.69, 9.17) is 14.2 Å². The van der Waals surface area contributed by atoms with Crippen molar-refractivity contribution in [3.63, 3.8) is 0 Å². The van der Waals surface area contributed by atoms with Gasteiger partial charge in [-0.15, -0.1) is 0 Å². The van der Waals surface area contributed by atoms with E-state index in [2.05, 4.69) is 10.3 Å². The van der Waals surface area contributed by atoms with E-state index in [1.807, 2.05) is 68.4 Å².